The third-order valence-corrected chi connectivity index (χ3v) is 8.98. The number of benzene rings is 3. The molecule has 8 nitrogen and oxygen atoms in total. The van der Waals surface area contributed by atoms with E-state index in [1.807, 2.05) is 79.7 Å². The van der Waals surface area contributed by atoms with Crippen LogP contribution in [0.15, 0.2) is 77.9 Å². The average molecular weight is 566 g/mol. The molecule has 1 aliphatic heterocycles. The van der Waals surface area contributed by atoms with E-state index in [9.17, 15) is 19.5 Å². The van der Waals surface area contributed by atoms with Gasteiger partial charge in [-0.2, -0.15) is 0 Å². The van der Waals surface area contributed by atoms with Crippen LogP contribution < -0.4 is 5.32 Å². The van der Waals surface area contributed by atoms with E-state index in [-0.39, 0.29) is 36.2 Å². The number of carboxylic acid groups (broad SMARTS) is 1. The van der Waals surface area contributed by atoms with Crippen LogP contribution in [0.25, 0.3) is 0 Å². The Hall–Kier alpha value is -4.46. The normalized spacial score (nSPS) is 20.9. The third kappa shape index (κ3) is 5.53. The lowest BCUT2D eigenvalue weighted by atomic mass is 9.83. The van der Waals surface area contributed by atoms with Crippen LogP contribution in [0.2, 0.25) is 0 Å². The van der Waals surface area contributed by atoms with Gasteiger partial charge in [0.05, 0.1) is 18.4 Å². The summed E-state index contributed by atoms with van der Waals surface area (Å²) in [5.41, 5.74) is 5.30. The van der Waals surface area contributed by atoms with Crippen LogP contribution in [-0.4, -0.2) is 40.4 Å². The second kappa shape index (κ2) is 11.8. The van der Waals surface area contributed by atoms with Gasteiger partial charge in [0, 0.05) is 11.3 Å². The predicted molar refractivity (Wildman–Crippen MR) is 159 cm³/mol. The Labute approximate surface area is 245 Å². The fraction of sp³-hybridized carbons (Fsp3) is 0.353. The first-order chi connectivity index (χ1) is 20.4. The maximum atomic E-state index is 13.9. The Morgan fingerprint density at radius 1 is 1.02 bits per heavy atom. The molecule has 216 valence electrons. The van der Waals surface area contributed by atoms with Gasteiger partial charge in [0.1, 0.15) is 0 Å². The van der Waals surface area contributed by atoms with Gasteiger partial charge in [0.2, 0.25) is 11.8 Å². The number of hydrogen-bond acceptors (Lipinski definition) is 5. The summed E-state index contributed by atoms with van der Waals surface area (Å²) in [4.78, 5) is 38.3. The minimum Gasteiger partial charge on any atom is -0.481 e. The van der Waals surface area contributed by atoms with Gasteiger partial charge in [-0.05, 0) is 71.6 Å². The molecule has 0 spiro atoms. The van der Waals surface area contributed by atoms with Crippen molar-refractivity contribution in [3.05, 3.63) is 101 Å². The molecule has 2 aliphatic carbocycles. The maximum Gasteiger partial charge on any atom is 0.307 e. The summed E-state index contributed by atoms with van der Waals surface area (Å²) in [6.07, 6.45) is 4.60. The number of carbonyl (C=O) groups excluding carboxylic acids is 2. The van der Waals surface area contributed by atoms with E-state index in [1.165, 1.54) is 5.01 Å². The molecule has 1 saturated carbocycles. The van der Waals surface area contributed by atoms with E-state index in [4.69, 9.17) is 4.74 Å². The lowest BCUT2D eigenvalue weighted by Gasteiger charge is -2.25. The molecule has 3 unspecified atom stereocenters. The van der Waals surface area contributed by atoms with Gasteiger partial charge in [-0.25, -0.2) is 5.01 Å². The van der Waals surface area contributed by atoms with E-state index in [0.29, 0.717) is 24.6 Å². The largest absolute Gasteiger partial charge is 0.481 e. The minimum absolute atomic E-state index is 0.0602. The van der Waals surface area contributed by atoms with Crippen molar-refractivity contribution in [2.75, 3.05) is 11.9 Å². The van der Waals surface area contributed by atoms with Crippen molar-refractivity contribution >= 4 is 29.4 Å². The second-order valence-electron chi connectivity index (χ2n) is 11.6. The lowest BCUT2D eigenvalue weighted by molar-refractivity contribution is -0.142. The Morgan fingerprint density at radius 3 is 2.48 bits per heavy atom. The Balaban J connectivity index is 1.21. The zero-order chi connectivity index (χ0) is 29.2. The van der Waals surface area contributed by atoms with Crippen molar-refractivity contribution < 1.29 is 24.2 Å². The molecule has 6 rings (SSSR count). The fourth-order valence-electron chi connectivity index (χ4n) is 6.68. The number of anilines is 1. The molecule has 0 saturated heterocycles. The number of ether oxygens (including phenoxy) is 1. The maximum absolute atomic E-state index is 13.9. The highest BCUT2D eigenvalue weighted by Gasteiger charge is 2.37. The van der Waals surface area contributed by atoms with Crippen molar-refractivity contribution in [2.24, 2.45) is 16.9 Å². The molecule has 0 radical (unpaired) electrons. The summed E-state index contributed by atoms with van der Waals surface area (Å²) in [7, 11) is 0. The molecule has 3 aliphatic rings. The number of hydrogen-bond donors (Lipinski definition) is 2. The first kappa shape index (κ1) is 27.7. The van der Waals surface area contributed by atoms with Crippen LogP contribution in [0.3, 0.4) is 0 Å². The molecule has 1 fully saturated rings. The summed E-state index contributed by atoms with van der Waals surface area (Å²) in [6, 6.07) is 23.1. The number of rotatable bonds is 8. The fourth-order valence-corrected chi connectivity index (χ4v) is 6.68. The number of fused-ring (bicyclic) bond motifs is 1. The van der Waals surface area contributed by atoms with Gasteiger partial charge in [-0.3, -0.25) is 14.4 Å². The number of carboxylic acids is 1. The molecule has 2 N–H and O–H groups in total. The molecule has 2 amide bonds. The number of aliphatic carboxylic acids is 1. The summed E-state index contributed by atoms with van der Waals surface area (Å²) in [5, 5.41) is 18.8. The molecule has 3 aromatic rings. The highest BCUT2D eigenvalue weighted by atomic mass is 16.5. The molecule has 0 bridgehead atoms. The van der Waals surface area contributed by atoms with Crippen LogP contribution >= 0.6 is 0 Å². The molecule has 3 atom stereocenters. The number of amides is 2. The molecule has 42 heavy (non-hydrogen) atoms. The zero-order valence-electron chi connectivity index (χ0n) is 23.7. The monoisotopic (exact) mass is 565 g/mol. The van der Waals surface area contributed by atoms with E-state index in [1.54, 1.807) is 0 Å². The number of nitrogens with zero attached hydrogens (tertiary/aromatic N) is 2. The van der Waals surface area contributed by atoms with Gasteiger partial charge in [0.25, 0.3) is 5.91 Å². The van der Waals surface area contributed by atoms with Crippen LogP contribution in [-0.2, 0) is 32.1 Å². The predicted octanol–water partition coefficient (Wildman–Crippen LogP) is 5.68. The standard InChI is InChI=1S/C34H35N3O5/c1-21-26-12-7-13-29(28(26)18-27(21)34(40)41)35-32(39)31(23-8-5-6-9-23)24-16-14-22(15-17-24)19-37-30(38)20-42-33(36-37)25-10-3-2-4-11-25/h2-4,7,10-17,21,23,27,31H,5-6,8-9,18-20H2,1H3,(H,35,39)(H,40,41). The molecular formula is C34H35N3O5. The molecular weight excluding hydrogens is 530 g/mol. The highest BCUT2D eigenvalue weighted by Crippen LogP contribution is 2.43. The van der Waals surface area contributed by atoms with Crippen LogP contribution in [0, 0.1) is 11.8 Å². The average Bonchev–Trinajstić information content (AvgIpc) is 3.65. The third-order valence-electron chi connectivity index (χ3n) is 8.98. The first-order valence-corrected chi connectivity index (χ1v) is 14.7. The van der Waals surface area contributed by atoms with E-state index >= 15 is 0 Å². The summed E-state index contributed by atoms with van der Waals surface area (Å²) in [6.45, 7) is 2.18. The van der Waals surface area contributed by atoms with Crippen LogP contribution in [0.1, 0.15) is 72.3 Å². The molecule has 3 aromatic carbocycles. The Morgan fingerprint density at radius 2 is 1.76 bits per heavy atom. The van der Waals surface area contributed by atoms with Crippen LogP contribution in [0.5, 0.6) is 0 Å². The van der Waals surface area contributed by atoms with E-state index in [2.05, 4.69) is 10.4 Å². The highest BCUT2D eigenvalue weighted by molar-refractivity contribution is 5.98. The number of nitrogens with one attached hydrogen (secondary N) is 1. The molecule has 1 heterocycles. The minimum atomic E-state index is -0.805. The first-order valence-electron chi connectivity index (χ1n) is 14.7. The summed E-state index contributed by atoms with van der Waals surface area (Å²) >= 11 is 0. The van der Waals surface area contributed by atoms with Crippen molar-refractivity contribution in [3.63, 3.8) is 0 Å². The quantitative estimate of drug-likeness (QED) is 0.365. The molecule has 8 heteroatoms. The van der Waals surface area contributed by atoms with Gasteiger partial charge in [-0.15, -0.1) is 5.10 Å². The smallest absolute Gasteiger partial charge is 0.307 e. The number of hydrazone groups is 1. The summed E-state index contributed by atoms with van der Waals surface area (Å²) < 4.78 is 5.56. The van der Waals surface area contributed by atoms with Gasteiger partial charge < -0.3 is 15.2 Å². The van der Waals surface area contributed by atoms with Gasteiger partial charge in [-0.1, -0.05) is 74.4 Å². The topological polar surface area (TPSA) is 108 Å². The van der Waals surface area contributed by atoms with Gasteiger partial charge >= 0.3 is 5.97 Å². The SMILES string of the molecule is CC1c2cccc(NC(=O)C(c3ccc(CN4N=C(c5ccccc5)OCC4=O)cc3)C3CCCC3)c2CC1C(=O)O. The van der Waals surface area contributed by atoms with Gasteiger partial charge in [0.15, 0.2) is 6.61 Å². The zero-order valence-corrected chi connectivity index (χ0v) is 23.7. The van der Waals surface area contributed by atoms with Crippen molar-refractivity contribution in [3.8, 4) is 0 Å². The van der Waals surface area contributed by atoms with E-state index in [0.717, 1.165) is 53.5 Å². The number of carbonyl (C=O) groups is 3. The Kier molecular flexibility index (Phi) is 7.78. The van der Waals surface area contributed by atoms with Crippen molar-refractivity contribution in [1.82, 2.24) is 5.01 Å². The Bertz CT molecular complexity index is 1510. The van der Waals surface area contributed by atoms with Crippen LogP contribution in [0.4, 0.5) is 5.69 Å². The van der Waals surface area contributed by atoms with E-state index < -0.39 is 11.9 Å². The molecule has 0 aromatic heterocycles. The second-order valence-corrected chi connectivity index (χ2v) is 11.6. The van der Waals surface area contributed by atoms with Crippen molar-refractivity contribution in [2.45, 2.75) is 57.4 Å². The lowest BCUT2D eigenvalue weighted by Crippen LogP contribution is -2.36. The van der Waals surface area contributed by atoms with Crippen molar-refractivity contribution in [1.29, 1.82) is 0 Å². The summed E-state index contributed by atoms with van der Waals surface area (Å²) in [5.74, 6) is -1.33.